The Labute approximate surface area is 139 Å². The summed E-state index contributed by atoms with van der Waals surface area (Å²) in [6, 6.07) is 4.12. The monoisotopic (exact) mass is 331 g/mol. The van der Waals surface area contributed by atoms with Crippen molar-refractivity contribution in [3.8, 4) is 0 Å². The molecule has 24 heavy (non-hydrogen) atoms. The van der Waals surface area contributed by atoms with Gasteiger partial charge in [-0.1, -0.05) is 5.16 Å². The molecule has 0 aromatic carbocycles. The molecule has 1 saturated heterocycles. The lowest BCUT2D eigenvalue weighted by Gasteiger charge is -2.22. The van der Waals surface area contributed by atoms with Crippen LogP contribution in [0.4, 0.5) is 6.01 Å². The Bertz CT molecular complexity index is 767. The number of nitrogens with zero attached hydrogens (tertiary/aromatic N) is 5. The highest BCUT2D eigenvalue weighted by Crippen LogP contribution is 2.38. The maximum atomic E-state index is 12.1. The van der Waals surface area contributed by atoms with Crippen molar-refractivity contribution in [3.63, 3.8) is 0 Å². The van der Waals surface area contributed by atoms with Crippen LogP contribution in [0.25, 0.3) is 0 Å². The van der Waals surface area contributed by atoms with Crippen LogP contribution in [0.2, 0.25) is 0 Å². The van der Waals surface area contributed by atoms with E-state index in [1.807, 2.05) is 6.07 Å². The first-order chi connectivity index (χ1) is 11.7. The maximum Gasteiger partial charge on any atom is 0.324 e. The molecule has 1 aliphatic carbocycles. The summed E-state index contributed by atoms with van der Waals surface area (Å²) in [4.78, 5) is 18.6. The van der Waals surface area contributed by atoms with E-state index in [1.165, 1.54) is 12.8 Å². The Kier molecular flexibility index (Phi) is 4.05. The lowest BCUT2D eigenvalue weighted by Crippen LogP contribution is -2.37. The number of ether oxygens (including phenoxy) is 1. The smallest absolute Gasteiger partial charge is 0.324 e. The number of hydrogen-bond donors (Lipinski definition) is 0. The van der Waals surface area contributed by atoms with Crippen LogP contribution >= 0.6 is 0 Å². The molecule has 0 radical (unpaired) electrons. The van der Waals surface area contributed by atoms with Gasteiger partial charge in [0.1, 0.15) is 6.61 Å². The van der Waals surface area contributed by atoms with Crippen molar-refractivity contribution in [1.82, 2.24) is 19.9 Å². The summed E-state index contributed by atoms with van der Waals surface area (Å²) in [5.74, 6) is 1.06. The zero-order valence-electron chi connectivity index (χ0n) is 13.7. The fraction of sp³-hybridized carbons (Fsp3) is 0.625. The average Bonchev–Trinajstić information content (AvgIpc) is 3.15. The number of methoxy groups -OCH3 is 1. The standard InChI is InChI=1S/C16H21N5O3/c1-23-10-14-17-16(24-19-14)20-8-2-3-12(20)9-21-15(22)7-6-13(18-21)11-4-5-11/h6-7,11-12H,2-5,8-10H2,1H3. The summed E-state index contributed by atoms with van der Waals surface area (Å²) in [7, 11) is 1.60. The van der Waals surface area contributed by atoms with Crippen molar-refractivity contribution in [2.45, 2.75) is 50.8 Å². The summed E-state index contributed by atoms with van der Waals surface area (Å²) in [5.41, 5.74) is 0.969. The summed E-state index contributed by atoms with van der Waals surface area (Å²) >= 11 is 0. The molecule has 1 unspecified atom stereocenters. The third kappa shape index (κ3) is 3.06. The Balaban J connectivity index is 1.52. The molecule has 3 heterocycles. The topological polar surface area (TPSA) is 86.3 Å². The summed E-state index contributed by atoms with van der Waals surface area (Å²) < 4.78 is 12.0. The van der Waals surface area contributed by atoms with Crippen molar-refractivity contribution in [2.75, 3.05) is 18.6 Å². The molecule has 1 saturated carbocycles. The minimum atomic E-state index is -0.0585. The van der Waals surface area contributed by atoms with Crippen molar-refractivity contribution in [2.24, 2.45) is 0 Å². The number of hydrogen-bond acceptors (Lipinski definition) is 7. The fourth-order valence-corrected chi connectivity index (χ4v) is 3.22. The van der Waals surface area contributed by atoms with E-state index in [1.54, 1.807) is 17.9 Å². The van der Waals surface area contributed by atoms with Crippen LogP contribution in [0.5, 0.6) is 0 Å². The molecule has 2 aromatic rings. The SMILES string of the molecule is COCc1noc(N2CCCC2Cn2nc(C3CC3)ccc2=O)n1. The first kappa shape index (κ1) is 15.3. The molecule has 8 heteroatoms. The van der Waals surface area contributed by atoms with Crippen LogP contribution < -0.4 is 10.5 Å². The molecule has 0 N–H and O–H groups in total. The largest absolute Gasteiger partial charge is 0.377 e. The second kappa shape index (κ2) is 6.35. The quantitative estimate of drug-likeness (QED) is 0.789. The van der Waals surface area contributed by atoms with Crippen molar-refractivity contribution in [1.29, 1.82) is 0 Å². The molecule has 128 valence electrons. The van der Waals surface area contributed by atoms with Gasteiger partial charge < -0.3 is 14.2 Å². The van der Waals surface area contributed by atoms with Gasteiger partial charge in [-0.25, -0.2) is 4.68 Å². The van der Waals surface area contributed by atoms with E-state index in [2.05, 4.69) is 20.1 Å². The summed E-state index contributed by atoms with van der Waals surface area (Å²) in [6.07, 6.45) is 4.35. The van der Waals surface area contributed by atoms with Gasteiger partial charge in [0, 0.05) is 25.6 Å². The third-order valence-corrected chi connectivity index (χ3v) is 4.62. The molecule has 1 aliphatic heterocycles. The Hall–Kier alpha value is -2.22. The third-order valence-electron chi connectivity index (χ3n) is 4.62. The van der Waals surface area contributed by atoms with Gasteiger partial charge in [0.2, 0.25) is 0 Å². The van der Waals surface area contributed by atoms with Crippen molar-refractivity contribution < 1.29 is 9.26 Å². The molecule has 2 fully saturated rings. The van der Waals surface area contributed by atoms with Crippen LogP contribution in [-0.4, -0.2) is 39.6 Å². The summed E-state index contributed by atoms with van der Waals surface area (Å²) in [5, 5.41) is 8.47. The first-order valence-corrected chi connectivity index (χ1v) is 8.41. The number of aromatic nitrogens is 4. The molecule has 2 aliphatic rings. The predicted octanol–water partition coefficient (Wildman–Crippen LogP) is 1.32. The lowest BCUT2D eigenvalue weighted by atomic mass is 10.2. The van der Waals surface area contributed by atoms with E-state index >= 15 is 0 Å². The van der Waals surface area contributed by atoms with Gasteiger partial charge in [-0.05, 0) is 31.7 Å². The molecule has 2 aromatic heterocycles. The average molecular weight is 331 g/mol. The molecular formula is C16H21N5O3. The van der Waals surface area contributed by atoms with Crippen LogP contribution in [0, 0.1) is 0 Å². The highest BCUT2D eigenvalue weighted by molar-refractivity contribution is 5.29. The molecule has 0 bridgehead atoms. The van der Waals surface area contributed by atoms with E-state index in [9.17, 15) is 4.79 Å². The van der Waals surface area contributed by atoms with Gasteiger partial charge in [0.25, 0.3) is 5.56 Å². The molecular weight excluding hydrogens is 310 g/mol. The second-order valence-electron chi connectivity index (χ2n) is 6.47. The highest BCUT2D eigenvalue weighted by Gasteiger charge is 2.30. The Morgan fingerprint density at radius 2 is 2.21 bits per heavy atom. The maximum absolute atomic E-state index is 12.1. The predicted molar refractivity (Wildman–Crippen MR) is 85.9 cm³/mol. The molecule has 8 nitrogen and oxygen atoms in total. The summed E-state index contributed by atoms with van der Waals surface area (Å²) in [6.45, 7) is 1.71. The van der Waals surface area contributed by atoms with Crippen molar-refractivity contribution in [3.05, 3.63) is 34.0 Å². The van der Waals surface area contributed by atoms with Crippen LogP contribution in [-0.2, 0) is 17.9 Å². The van der Waals surface area contributed by atoms with Gasteiger partial charge in [-0.2, -0.15) is 10.1 Å². The van der Waals surface area contributed by atoms with Crippen LogP contribution in [0.1, 0.15) is 43.1 Å². The number of rotatable bonds is 6. The van der Waals surface area contributed by atoms with Gasteiger partial charge in [0.05, 0.1) is 18.3 Å². The van der Waals surface area contributed by atoms with Gasteiger partial charge in [-0.15, -0.1) is 0 Å². The van der Waals surface area contributed by atoms with Gasteiger partial charge >= 0.3 is 6.01 Å². The molecule has 0 spiro atoms. The second-order valence-corrected chi connectivity index (χ2v) is 6.47. The van der Waals surface area contributed by atoms with E-state index < -0.39 is 0 Å². The van der Waals surface area contributed by atoms with E-state index in [4.69, 9.17) is 9.26 Å². The molecule has 4 rings (SSSR count). The fourth-order valence-electron chi connectivity index (χ4n) is 3.22. The lowest BCUT2D eigenvalue weighted by molar-refractivity contribution is 0.174. The minimum absolute atomic E-state index is 0.0585. The number of anilines is 1. The molecule has 0 amide bonds. The Morgan fingerprint density at radius 3 is 3.00 bits per heavy atom. The molecule has 1 atom stereocenters. The first-order valence-electron chi connectivity index (χ1n) is 8.41. The van der Waals surface area contributed by atoms with Gasteiger partial charge in [0.15, 0.2) is 5.82 Å². The van der Waals surface area contributed by atoms with Crippen LogP contribution in [0.3, 0.4) is 0 Å². The highest BCUT2D eigenvalue weighted by atomic mass is 16.5. The van der Waals surface area contributed by atoms with Crippen LogP contribution in [0.15, 0.2) is 21.5 Å². The zero-order chi connectivity index (χ0) is 16.5. The minimum Gasteiger partial charge on any atom is -0.377 e. The zero-order valence-corrected chi connectivity index (χ0v) is 13.7. The van der Waals surface area contributed by atoms with E-state index in [0.29, 0.717) is 30.9 Å². The van der Waals surface area contributed by atoms with Gasteiger partial charge in [-0.3, -0.25) is 4.79 Å². The van der Waals surface area contributed by atoms with E-state index in [-0.39, 0.29) is 11.6 Å². The Morgan fingerprint density at radius 1 is 1.33 bits per heavy atom. The van der Waals surface area contributed by atoms with Crippen molar-refractivity contribution >= 4 is 6.01 Å². The normalized spacial score (nSPS) is 20.7. The van der Waals surface area contributed by atoms with E-state index in [0.717, 1.165) is 25.1 Å².